The fourth-order valence-corrected chi connectivity index (χ4v) is 3.04. The van der Waals surface area contributed by atoms with E-state index in [1.165, 1.54) is 0 Å². The number of anilines is 1. The van der Waals surface area contributed by atoms with Gasteiger partial charge in [0.15, 0.2) is 0 Å². The molecule has 0 saturated carbocycles. The molecule has 1 aliphatic heterocycles. The molecule has 0 radical (unpaired) electrons. The molecule has 2 atom stereocenters. The molecule has 21 heavy (non-hydrogen) atoms. The lowest BCUT2D eigenvalue weighted by molar-refractivity contribution is 0.0744. The number of rotatable bonds is 9. The summed E-state index contributed by atoms with van der Waals surface area (Å²) in [6.07, 6.45) is 3.44. The second-order valence-electron chi connectivity index (χ2n) is 5.91. The molecule has 1 aromatic carbocycles. The number of hydrogen-bond acceptors (Lipinski definition) is 3. The molecular weight excluding hydrogens is 286 g/mol. The molecule has 0 aliphatic carbocycles. The van der Waals surface area contributed by atoms with E-state index in [4.69, 9.17) is 9.47 Å². The van der Waals surface area contributed by atoms with Crippen molar-refractivity contribution in [3.63, 3.8) is 0 Å². The maximum Gasteiger partial charge on any atom is 0.132 e. The Bertz CT molecular complexity index is 469. The van der Waals surface area contributed by atoms with Crippen LogP contribution in [0.3, 0.4) is 0 Å². The molecule has 0 bridgehead atoms. The van der Waals surface area contributed by atoms with E-state index >= 15 is 0 Å². The van der Waals surface area contributed by atoms with Crippen LogP contribution in [0, 0.1) is 0 Å². The van der Waals surface area contributed by atoms with Crippen molar-refractivity contribution in [3.8, 4) is 5.75 Å². The topological polar surface area (TPSA) is 50.9 Å². The summed E-state index contributed by atoms with van der Waals surface area (Å²) in [7, 11) is -1.01. The van der Waals surface area contributed by atoms with Gasteiger partial charge < -0.3 is 14.2 Å². The summed E-state index contributed by atoms with van der Waals surface area (Å²) in [5, 5.41) is 0. The predicted molar refractivity (Wildman–Crippen MR) is 87.0 cm³/mol. The van der Waals surface area contributed by atoms with Gasteiger partial charge in [0.25, 0.3) is 0 Å². The SMILES string of the molecule is CCCCCS(=O)Nc1ccc(OC(C)(C)C2CO2)cc1. The predicted octanol–water partition coefficient (Wildman–Crippen LogP) is 3.51. The zero-order valence-corrected chi connectivity index (χ0v) is 13.9. The van der Waals surface area contributed by atoms with Gasteiger partial charge in [-0.3, -0.25) is 0 Å². The maximum atomic E-state index is 11.9. The first-order valence-electron chi connectivity index (χ1n) is 7.57. The van der Waals surface area contributed by atoms with Crippen molar-refractivity contribution in [2.45, 2.75) is 51.7 Å². The van der Waals surface area contributed by atoms with Crippen molar-refractivity contribution >= 4 is 16.7 Å². The van der Waals surface area contributed by atoms with Gasteiger partial charge in [-0.25, -0.2) is 4.21 Å². The zero-order valence-electron chi connectivity index (χ0n) is 13.1. The molecule has 1 heterocycles. The van der Waals surface area contributed by atoms with Crippen LogP contribution in [-0.2, 0) is 15.7 Å². The van der Waals surface area contributed by atoms with Crippen LogP contribution in [0.4, 0.5) is 5.69 Å². The van der Waals surface area contributed by atoms with Crippen LogP contribution in [0.2, 0.25) is 0 Å². The monoisotopic (exact) mass is 311 g/mol. The molecule has 4 nitrogen and oxygen atoms in total. The zero-order chi connectivity index (χ0) is 15.3. The quantitative estimate of drug-likeness (QED) is 0.561. The van der Waals surface area contributed by atoms with Gasteiger partial charge in [0.05, 0.1) is 6.61 Å². The molecule has 1 aliphatic rings. The largest absolute Gasteiger partial charge is 0.485 e. The van der Waals surface area contributed by atoms with Crippen LogP contribution in [-0.4, -0.2) is 28.3 Å². The highest BCUT2D eigenvalue weighted by molar-refractivity contribution is 7.86. The molecule has 1 N–H and O–H groups in total. The first kappa shape index (κ1) is 16.3. The van der Waals surface area contributed by atoms with Gasteiger partial charge >= 0.3 is 0 Å². The highest BCUT2D eigenvalue weighted by atomic mass is 32.2. The summed E-state index contributed by atoms with van der Waals surface area (Å²) >= 11 is 0. The van der Waals surface area contributed by atoms with E-state index < -0.39 is 11.0 Å². The van der Waals surface area contributed by atoms with Crippen molar-refractivity contribution in [2.24, 2.45) is 0 Å². The minimum atomic E-state index is -1.01. The molecule has 2 unspecified atom stereocenters. The minimum absolute atomic E-state index is 0.182. The summed E-state index contributed by atoms with van der Waals surface area (Å²) in [4.78, 5) is 0. The van der Waals surface area contributed by atoms with Crippen LogP contribution in [0.25, 0.3) is 0 Å². The van der Waals surface area contributed by atoms with Gasteiger partial charge in [-0.1, -0.05) is 19.8 Å². The van der Waals surface area contributed by atoms with Crippen molar-refractivity contribution in [3.05, 3.63) is 24.3 Å². The van der Waals surface area contributed by atoms with Crippen LogP contribution < -0.4 is 9.46 Å². The Hall–Kier alpha value is -1.07. The lowest BCUT2D eigenvalue weighted by Gasteiger charge is -2.24. The molecule has 0 spiro atoms. The van der Waals surface area contributed by atoms with Crippen molar-refractivity contribution in [1.29, 1.82) is 0 Å². The summed E-state index contributed by atoms with van der Waals surface area (Å²) in [6.45, 7) is 6.96. The van der Waals surface area contributed by atoms with Gasteiger partial charge in [0.2, 0.25) is 0 Å². The highest BCUT2D eigenvalue weighted by Crippen LogP contribution is 2.30. The Morgan fingerprint density at radius 1 is 1.33 bits per heavy atom. The Balaban J connectivity index is 1.82. The number of hydrogen-bond donors (Lipinski definition) is 1. The number of ether oxygens (including phenoxy) is 2. The second kappa shape index (κ2) is 7.27. The van der Waals surface area contributed by atoms with Crippen molar-refractivity contribution < 1.29 is 13.7 Å². The maximum absolute atomic E-state index is 11.9. The Labute approximate surface area is 129 Å². The lowest BCUT2D eigenvalue weighted by Crippen LogP contribution is -2.34. The highest BCUT2D eigenvalue weighted by Gasteiger charge is 2.41. The number of unbranched alkanes of at least 4 members (excludes halogenated alkanes) is 2. The third-order valence-corrected chi connectivity index (χ3v) is 4.63. The third kappa shape index (κ3) is 5.32. The van der Waals surface area contributed by atoms with Crippen LogP contribution in [0.1, 0.15) is 40.0 Å². The minimum Gasteiger partial charge on any atom is -0.485 e. The molecule has 2 rings (SSSR count). The number of benzene rings is 1. The Kier molecular flexibility index (Phi) is 5.65. The summed E-state index contributed by atoms with van der Waals surface area (Å²) < 4.78 is 26.1. The first-order valence-corrected chi connectivity index (χ1v) is 8.89. The number of nitrogens with one attached hydrogen (secondary N) is 1. The molecule has 0 aromatic heterocycles. The van der Waals surface area contributed by atoms with E-state index in [1.807, 2.05) is 38.1 Å². The molecule has 5 heteroatoms. The second-order valence-corrected chi connectivity index (χ2v) is 7.21. The van der Waals surface area contributed by atoms with Gasteiger partial charge in [-0.2, -0.15) is 0 Å². The van der Waals surface area contributed by atoms with Crippen molar-refractivity contribution in [2.75, 3.05) is 17.1 Å². The standard InChI is InChI=1S/C16H25NO3S/c1-4-5-6-11-21(18)17-13-7-9-14(10-8-13)20-16(2,3)15-12-19-15/h7-10,15,17H,4-6,11-12H2,1-3H3. The Morgan fingerprint density at radius 2 is 2.00 bits per heavy atom. The normalized spacial score (nSPS) is 19.1. The summed E-state index contributed by atoms with van der Waals surface area (Å²) in [6, 6.07) is 7.60. The van der Waals surface area contributed by atoms with E-state index in [0.29, 0.717) is 5.75 Å². The van der Waals surface area contributed by atoms with Gasteiger partial charge in [-0.05, 0) is 44.5 Å². The molecular formula is C16H25NO3S. The van der Waals surface area contributed by atoms with Crippen LogP contribution >= 0.6 is 0 Å². The average Bonchev–Trinajstić information content (AvgIpc) is 3.26. The smallest absolute Gasteiger partial charge is 0.132 e. The van der Waals surface area contributed by atoms with Crippen molar-refractivity contribution in [1.82, 2.24) is 0 Å². The van der Waals surface area contributed by atoms with Crippen LogP contribution in [0.5, 0.6) is 5.75 Å². The van der Waals surface area contributed by atoms with Gasteiger partial charge in [0.1, 0.15) is 28.4 Å². The molecule has 0 amide bonds. The molecule has 1 fully saturated rings. The van der Waals surface area contributed by atoms with E-state index in [0.717, 1.165) is 37.3 Å². The van der Waals surface area contributed by atoms with E-state index in [9.17, 15) is 4.21 Å². The lowest BCUT2D eigenvalue weighted by atomic mass is 10.1. The molecule has 1 aromatic rings. The molecule has 118 valence electrons. The van der Waals surface area contributed by atoms with Crippen LogP contribution in [0.15, 0.2) is 24.3 Å². The first-order chi connectivity index (χ1) is 10.0. The van der Waals surface area contributed by atoms with Gasteiger partial charge in [-0.15, -0.1) is 0 Å². The van der Waals surface area contributed by atoms with E-state index in [2.05, 4.69) is 11.6 Å². The average molecular weight is 311 g/mol. The van der Waals surface area contributed by atoms with Gasteiger partial charge in [0, 0.05) is 11.4 Å². The Morgan fingerprint density at radius 3 is 2.57 bits per heavy atom. The van der Waals surface area contributed by atoms with E-state index in [-0.39, 0.29) is 11.7 Å². The number of epoxide rings is 1. The summed E-state index contributed by atoms with van der Waals surface area (Å²) in [5.41, 5.74) is 0.551. The molecule has 1 saturated heterocycles. The fourth-order valence-electron chi connectivity index (χ4n) is 2.08. The third-order valence-electron chi connectivity index (χ3n) is 3.51. The summed E-state index contributed by atoms with van der Waals surface area (Å²) in [5.74, 6) is 1.50. The van der Waals surface area contributed by atoms with E-state index in [1.54, 1.807) is 0 Å². The fraction of sp³-hybridized carbons (Fsp3) is 0.625.